The zero-order valence-electron chi connectivity index (χ0n) is 15.7. The number of non-ortho nitro benzene ring substituents is 1. The van der Waals surface area contributed by atoms with Gasteiger partial charge in [0.15, 0.2) is 0 Å². The van der Waals surface area contributed by atoms with Crippen LogP contribution in [0.15, 0.2) is 91.7 Å². The normalized spacial score (nSPS) is 11.8. The summed E-state index contributed by atoms with van der Waals surface area (Å²) in [6.07, 6.45) is 1.24. The molecule has 0 saturated heterocycles. The second kappa shape index (κ2) is 8.32. The number of hydrogen-bond donors (Lipinski definition) is 1. The highest BCUT2D eigenvalue weighted by atomic mass is 79.9. The molecule has 0 fully saturated rings. The SMILES string of the molecule is O=[N+]([O-])c1ccc(-c2ccc(/C=N/NS(=O)(=O)c3ccc4ccccc4c3)o2)c(Br)c1. The summed E-state index contributed by atoms with van der Waals surface area (Å²) in [6, 6.07) is 19.8. The standard InChI is InChI=1S/C21H14BrN3O5S/c22-20-12-16(25(26)27)6-9-19(20)21-10-7-17(30-21)13-23-24-31(28,29)18-8-5-14-3-1-2-4-15(14)11-18/h1-13,24H/b23-13+. The highest BCUT2D eigenvalue weighted by Gasteiger charge is 2.14. The first-order valence-corrected chi connectivity index (χ1v) is 11.2. The van der Waals surface area contributed by atoms with E-state index in [4.69, 9.17) is 4.42 Å². The third-order valence-corrected chi connectivity index (χ3v) is 6.33. The van der Waals surface area contributed by atoms with E-state index in [-0.39, 0.29) is 10.6 Å². The predicted octanol–water partition coefficient (Wildman–Crippen LogP) is 5.08. The fourth-order valence-electron chi connectivity index (χ4n) is 2.93. The third kappa shape index (κ3) is 4.49. The lowest BCUT2D eigenvalue weighted by Crippen LogP contribution is -2.18. The van der Waals surface area contributed by atoms with Gasteiger partial charge in [0.1, 0.15) is 11.5 Å². The monoisotopic (exact) mass is 499 g/mol. The summed E-state index contributed by atoms with van der Waals surface area (Å²) in [5.41, 5.74) is 0.564. The molecule has 0 amide bonds. The first kappa shape index (κ1) is 20.8. The molecule has 4 rings (SSSR count). The van der Waals surface area contributed by atoms with Crippen molar-refractivity contribution in [2.24, 2.45) is 5.10 Å². The van der Waals surface area contributed by atoms with Crippen LogP contribution in [0.5, 0.6) is 0 Å². The van der Waals surface area contributed by atoms with Crippen LogP contribution in [-0.2, 0) is 10.0 Å². The summed E-state index contributed by atoms with van der Waals surface area (Å²) in [7, 11) is -3.85. The molecule has 0 unspecified atom stereocenters. The van der Waals surface area contributed by atoms with Gasteiger partial charge in [-0.25, -0.2) is 0 Å². The van der Waals surface area contributed by atoms with Gasteiger partial charge in [-0.2, -0.15) is 18.4 Å². The minimum Gasteiger partial charge on any atom is -0.455 e. The largest absolute Gasteiger partial charge is 0.455 e. The lowest BCUT2D eigenvalue weighted by atomic mass is 10.1. The molecule has 4 aromatic rings. The quantitative estimate of drug-likeness (QED) is 0.225. The zero-order chi connectivity index (χ0) is 22.0. The van der Waals surface area contributed by atoms with E-state index >= 15 is 0 Å². The number of fused-ring (bicyclic) bond motifs is 1. The molecule has 8 nitrogen and oxygen atoms in total. The average Bonchev–Trinajstić information content (AvgIpc) is 3.21. The number of benzene rings is 3. The molecule has 0 spiro atoms. The smallest absolute Gasteiger partial charge is 0.276 e. The lowest BCUT2D eigenvalue weighted by molar-refractivity contribution is -0.384. The number of nitro groups is 1. The molecular formula is C21H14BrN3O5S. The van der Waals surface area contributed by atoms with Gasteiger partial charge in [0.2, 0.25) is 0 Å². The molecule has 0 aliphatic heterocycles. The van der Waals surface area contributed by atoms with Crippen LogP contribution in [0.3, 0.4) is 0 Å². The van der Waals surface area contributed by atoms with E-state index in [1.807, 2.05) is 24.3 Å². The van der Waals surface area contributed by atoms with Crippen molar-refractivity contribution in [2.75, 3.05) is 0 Å². The molecule has 1 N–H and O–H groups in total. The molecule has 10 heteroatoms. The minimum absolute atomic E-state index is 0.0490. The molecule has 1 heterocycles. The first-order valence-electron chi connectivity index (χ1n) is 8.91. The van der Waals surface area contributed by atoms with Gasteiger partial charge in [-0.3, -0.25) is 10.1 Å². The summed E-state index contributed by atoms with van der Waals surface area (Å²) in [4.78, 5) is 12.6. The number of nitrogens with one attached hydrogen (secondary N) is 1. The lowest BCUT2D eigenvalue weighted by Gasteiger charge is -2.04. The summed E-state index contributed by atoms with van der Waals surface area (Å²) < 4.78 is 31.2. The maximum atomic E-state index is 12.5. The Hall–Kier alpha value is -3.50. The number of hydrogen-bond acceptors (Lipinski definition) is 6. The van der Waals surface area contributed by atoms with Crippen molar-refractivity contribution in [1.29, 1.82) is 0 Å². The van der Waals surface area contributed by atoms with Crippen LogP contribution in [-0.4, -0.2) is 19.6 Å². The zero-order valence-corrected chi connectivity index (χ0v) is 18.1. The maximum Gasteiger partial charge on any atom is 0.276 e. The summed E-state index contributed by atoms with van der Waals surface area (Å²) >= 11 is 3.29. The molecule has 0 atom stereocenters. The van der Waals surface area contributed by atoms with Gasteiger partial charge in [0.05, 0.1) is 16.0 Å². The molecule has 0 radical (unpaired) electrons. The Kier molecular flexibility index (Phi) is 5.57. The fraction of sp³-hybridized carbons (Fsp3) is 0. The van der Waals surface area contributed by atoms with Crippen LogP contribution < -0.4 is 4.83 Å². The van der Waals surface area contributed by atoms with Crippen molar-refractivity contribution in [3.63, 3.8) is 0 Å². The predicted molar refractivity (Wildman–Crippen MR) is 120 cm³/mol. The van der Waals surface area contributed by atoms with Crippen LogP contribution in [0.1, 0.15) is 5.76 Å². The van der Waals surface area contributed by atoms with Crippen LogP contribution >= 0.6 is 15.9 Å². The topological polar surface area (TPSA) is 115 Å². The van der Waals surface area contributed by atoms with Gasteiger partial charge in [0.25, 0.3) is 15.7 Å². The molecule has 31 heavy (non-hydrogen) atoms. The number of furan rings is 1. The fourth-order valence-corrected chi connectivity index (χ4v) is 4.32. The number of rotatable bonds is 6. The van der Waals surface area contributed by atoms with Gasteiger partial charge in [0, 0.05) is 22.2 Å². The van der Waals surface area contributed by atoms with Crippen LogP contribution in [0.4, 0.5) is 5.69 Å². The second-order valence-electron chi connectivity index (χ2n) is 6.49. The summed E-state index contributed by atoms with van der Waals surface area (Å²) in [6.45, 7) is 0. The first-order chi connectivity index (χ1) is 14.8. The van der Waals surface area contributed by atoms with Gasteiger partial charge in [-0.05, 0) is 57.0 Å². The minimum atomic E-state index is -3.85. The Morgan fingerprint density at radius 3 is 2.52 bits per heavy atom. The Morgan fingerprint density at radius 1 is 1.00 bits per heavy atom. The number of nitrogens with zero attached hydrogens (tertiary/aromatic N) is 2. The van der Waals surface area contributed by atoms with Crippen molar-refractivity contribution in [3.05, 3.63) is 93.1 Å². The number of halogens is 1. The highest BCUT2D eigenvalue weighted by Crippen LogP contribution is 2.32. The Bertz CT molecular complexity index is 1430. The second-order valence-corrected chi connectivity index (χ2v) is 9.00. The van der Waals surface area contributed by atoms with E-state index in [0.29, 0.717) is 21.6 Å². The van der Waals surface area contributed by atoms with Crippen molar-refractivity contribution in [3.8, 4) is 11.3 Å². The average molecular weight is 500 g/mol. The summed E-state index contributed by atoms with van der Waals surface area (Å²) in [5.74, 6) is 0.752. The Morgan fingerprint density at radius 2 is 1.77 bits per heavy atom. The van der Waals surface area contributed by atoms with Crippen molar-refractivity contribution in [2.45, 2.75) is 4.90 Å². The van der Waals surface area contributed by atoms with Gasteiger partial charge >= 0.3 is 0 Å². The molecule has 1 aromatic heterocycles. The van der Waals surface area contributed by atoms with Gasteiger partial charge in [-0.1, -0.05) is 30.3 Å². The van der Waals surface area contributed by atoms with E-state index < -0.39 is 14.9 Å². The van der Waals surface area contributed by atoms with Crippen molar-refractivity contribution in [1.82, 2.24) is 4.83 Å². The van der Waals surface area contributed by atoms with Gasteiger partial charge < -0.3 is 4.42 Å². The van der Waals surface area contributed by atoms with E-state index in [1.165, 1.54) is 24.4 Å². The number of nitro benzene ring substituents is 1. The van der Waals surface area contributed by atoms with E-state index in [0.717, 1.165) is 10.8 Å². The third-order valence-electron chi connectivity index (χ3n) is 4.45. The van der Waals surface area contributed by atoms with E-state index in [9.17, 15) is 18.5 Å². The Labute approximate surface area is 185 Å². The van der Waals surface area contributed by atoms with Crippen LogP contribution in [0.2, 0.25) is 0 Å². The van der Waals surface area contributed by atoms with Crippen LogP contribution in [0, 0.1) is 10.1 Å². The molecule has 0 aliphatic carbocycles. The Balaban J connectivity index is 1.50. The molecule has 0 saturated carbocycles. The number of hydrazone groups is 1. The molecular weight excluding hydrogens is 486 g/mol. The van der Waals surface area contributed by atoms with Crippen LogP contribution in [0.25, 0.3) is 22.1 Å². The number of sulfonamides is 1. The van der Waals surface area contributed by atoms with E-state index in [2.05, 4.69) is 25.9 Å². The van der Waals surface area contributed by atoms with E-state index in [1.54, 1.807) is 30.3 Å². The van der Waals surface area contributed by atoms with Crippen molar-refractivity contribution < 1.29 is 17.8 Å². The summed E-state index contributed by atoms with van der Waals surface area (Å²) in [5, 5.41) is 16.4. The van der Waals surface area contributed by atoms with Crippen molar-refractivity contribution >= 4 is 48.6 Å². The molecule has 0 aliphatic rings. The molecule has 0 bridgehead atoms. The van der Waals surface area contributed by atoms with Gasteiger partial charge in [-0.15, -0.1) is 0 Å². The molecule has 3 aromatic carbocycles. The molecule has 156 valence electrons. The highest BCUT2D eigenvalue weighted by molar-refractivity contribution is 9.10. The maximum absolute atomic E-state index is 12.5.